The number of fused-ring (bicyclic) bond motifs is 1. The Morgan fingerprint density at radius 2 is 1.95 bits per heavy atom. The van der Waals surface area contributed by atoms with Crippen molar-refractivity contribution in [2.24, 2.45) is 0 Å². The standard InChI is InChI=1S/C14H13N3OS2/c1-8-5-6-9(2)12-11(8)16-14(20-12)17-13(18)15-10-4-3-7-19-10/h3-7H,1-2H3,(H2,15,16,17,18). The molecule has 2 aromatic heterocycles. The number of urea groups is 1. The molecule has 6 heteroatoms. The van der Waals surface area contributed by atoms with Crippen molar-refractivity contribution in [3.63, 3.8) is 0 Å². The van der Waals surface area contributed by atoms with Crippen LogP contribution in [0.5, 0.6) is 0 Å². The van der Waals surface area contributed by atoms with Crippen LogP contribution in [0.1, 0.15) is 11.1 Å². The number of hydrogen-bond donors (Lipinski definition) is 2. The fourth-order valence-corrected chi connectivity index (χ4v) is 3.52. The Bertz CT molecular complexity index is 723. The summed E-state index contributed by atoms with van der Waals surface area (Å²) in [6, 6.07) is 7.61. The molecule has 0 aliphatic heterocycles. The molecule has 0 bridgehead atoms. The lowest BCUT2D eigenvalue weighted by molar-refractivity contribution is 0.262. The van der Waals surface area contributed by atoms with E-state index in [1.165, 1.54) is 28.2 Å². The van der Waals surface area contributed by atoms with E-state index in [-0.39, 0.29) is 6.03 Å². The lowest BCUT2D eigenvalue weighted by Gasteiger charge is -2.01. The SMILES string of the molecule is Cc1ccc(C)c2sc(NC(=O)Nc3cccs3)nc12. The number of thiazole rings is 1. The van der Waals surface area contributed by atoms with E-state index < -0.39 is 0 Å². The van der Waals surface area contributed by atoms with Crippen molar-refractivity contribution in [3.05, 3.63) is 40.8 Å². The predicted octanol–water partition coefficient (Wildman–Crippen LogP) is 4.62. The molecule has 0 unspecified atom stereocenters. The van der Waals surface area contributed by atoms with E-state index in [1.807, 2.05) is 30.5 Å². The summed E-state index contributed by atoms with van der Waals surface area (Å²) in [5.74, 6) is 0. The van der Waals surface area contributed by atoms with Crippen LogP contribution in [0.3, 0.4) is 0 Å². The highest BCUT2D eigenvalue weighted by Crippen LogP contribution is 2.30. The first kappa shape index (κ1) is 13.1. The zero-order valence-electron chi connectivity index (χ0n) is 11.1. The van der Waals surface area contributed by atoms with Gasteiger partial charge in [0.15, 0.2) is 5.13 Å². The second-order valence-corrected chi connectivity index (χ2v) is 6.40. The van der Waals surface area contributed by atoms with Gasteiger partial charge in [-0.1, -0.05) is 23.5 Å². The van der Waals surface area contributed by atoms with Gasteiger partial charge in [-0.2, -0.15) is 0 Å². The number of nitrogens with zero attached hydrogens (tertiary/aromatic N) is 1. The number of carbonyl (C=O) groups excluding carboxylic acids is 1. The van der Waals surface area contributed by atoms with Crippen LogP contribution in [-0.4, -0.2) is 11.0 Å². The second kappa shape index (κ2) is 5.22. The summed E-state index contributed by atoms with van der Waals surface area (Å²) in [6.45, 7) is 4.08. The van der Waals surface area contributed by atoms with Crippen molar-refractivity contribution in [2.75, 3.05) is 10.6 Å². The zero-order valence-corrected chi connectivity index (χ0v) is 12.7. The van der Waals surface area contributed by atoms with Crippen LogP contribution in [0.2, 0.25) is 0 Å². The molecule has 102 valence electrons. The Hall–Kier alpha value is -1.92. The van der Waals surface area contributed by atoms with Gasteiger partial charge in [-0.05, 0) is 42.5 Å². The highest BCUT2D eigenvalue weighted by atomic mass is 32.1. The Balaban J connectivity index is 1.82. The van der Waals surface area contributed by atoms with Gasteiger partial charge in [0.05, 0.1) is 15.2 Å². The van der Waals surface area contributed by atoms with Gasteiger partial charge in [0.25, 0.3) is 0 Å². The van der Waals surface area contributed by atoms with E-state index in [0.29, 0.717) is 5.13 Å². The molecule has 0 saturated carbocycles. The Morgan fingerprint density at radius 1 is 1.15 bits per heavy atom. The van der Waals surface area contributed by atoms with E-state index >= 15 is 0 Å². The first-order valence-corrected chi connectivity index (χ1v) is 7.81. The lowest BCUT2D eigenvalue weighted by Crippen LogP contribution is -2.18. The van der Waals surface area contributed by atoms with E-state index in [1.54, 1.807) is 0 Å². The number of carbonyl (C=O) groups is 1. The number of amides is 2. The van der Waals surface area contributed by atoms with Crippen molar-refractivity contribution < 1.29 is 4.79 Å². The maximum absolute atomic E-state index is 11.9. The van der Waals surface area contributed by atoms with Gasteiger partial charge in [0.2, 0.25) is 0 Å². The summed E-state index contributed by atoms with van der Waals surface area (Å²) in [5.41, 5.74) is 3.25. The average molecular weight is 303 g/mol. The number of rotatable bonds is 2. The Labute approximate surface area is 124 Å². The van der Waals surface area contributed by atoms with Crippen molar-refractivity contribution in [2.45, 2.75) is 13.8 Å². The summed E-state index contributed by atoms with van der Waals surface area (Å²) in [5, 5.41) is 8.92. The number of aromatic nitrogens is 1. The van der Waals surface area contributed by atoms with E-state index in [2.05, 4.69) is 28.6 Å². The maximum atomic E-state index is 11.9. The lowest BCUT2D eigenvalue weighted by atomic mass is 10.1. The number of nitrogens with one attached hydrogen (secondary N) is 2. The molecule has 0 aliphatic rings. The smallest absolute Gasteiger partial charge is 0.299 e. The van der Waals surface area contributed by atoms with E-state index in [4.69, 9.17) is 0 Å². The van der Waals surface area contributed by atoms with Gasteiger partial charge >= 0.3 is 6.03 Å². The van der Waals surface area contributed by atoms with Crippen LogP contribution < -0.4 is 10.6 Å². The molecule has 3 rings (SSSR count). The fraction of sp³-hybridized carbons (Fsp3) is 0.143. The summed E-state index contributed by atoms with van der Waals surface area (Å²) < 4.78 is 1.12. The molecule has 1 aromatic carbocycles. The maximum Gasteiger partial charge on any atom is 0.326 e. The van der Waals surface area contributed by atoms with Gasteiger partial charge in [0, 0.05) is 0 Å². The molecular weight excluding hydrogens is 290 g/mol. The van der Waals surface area contributed by atoms with E-state index in [9.17, 15) is 4.79 Å². The van der Waals surface area contributed by atoms with Crippen LogP contribution in [0.15, 0.2) is 29.6 Å². The van der Waals surface area contributed by atoms with Gasteiger partial charge in [-0.15, -0.1) is 11.3 Å². The molecule has 2 amide bonds. The number of hydrogen-bond acceptors (Lipinski definition) is 4. The van der Waals surface area contributed by atoms with Gasteiger partial charge in [-0.25, -0.2) is 9.78 Å². The third-order valence-electron chi connectivity index (χ3n) is 2.92. The Kier molecular flexibility index (Phi) is 3.42. The summed E-state index contributed by atoms with van der Waals surface area (Å²) in [4.78, 5) is 16.4. The third-order valence-corrected chi connectivity index (χ3v) is 4.81. The summed E-state index contributed by atoms with van der Waals surface area (Å²) in [6.07, 6.45) is 0. The highest BCUT2D eigenvalue weighted by molar-refractivity contribution is 7.22. The normalized spacial score (nSPS) is 10.7. The summed E-state index contributed by atoms with van der Waals surface area (Å²) in [7, 11) is 0. The monoisotopic (exact) mass is 303 g/mol. The minimum absolute atomic E-state index is 0.262. The molecule has 0 saturated heterocycles. The number of anilines is 2. The zero-order chi connectivity index (χ0) is 14.1. The van der Waals surface area contributed by atoms with Crippen LogP contribution in [0, 0.1) is 13.8 Å². The fourth-order valence-electron chi connectivity index (χ4n) is 1.90. The molecular formula is C14H13N3OS2. The average Bonchev–Trinajstić information content (AvgIpc) is 3.03. The molecule has 20 heavy (non-hydrogen) atoms. The van der Waals surface area contributed by atoms with Crippen molar-refractivity contribution >= 4 is 49.1 Å². The second-order valence-electron chi connectivity index (χ2n) is 4.45. The highest BCUT2D eigenvalue weighted by Gasteiger charge is 2.11. The van der Waals surface area contributed by atoms with Crippen LogP contribution in [-0.2, 0) is 0 Å². The molecule has 0 radical (unpaired) electrons. The molecule has 2 N–H and O–H groups in total. The van der Waals surface area contributed by atoms with E-state index in [0.717, 1.165) is 20.8 Å². The number of aryl methyl sites for hydroxylation is 2. The van der Waals surface area contributed by atoms with Crippen LogP contribution >= 0.6 is 22.7 Å². The van der Waals surface area contributed by atoms with Crippen molar-refractivity contribution in [1.29, 1.82) is 0 Å². The molecule has 0 aliphatic carbocycles. The van der Waals surface area contributed by atoms with Crippen molar-refractivity contribution in [3.8, 4) is 0 Å². The molecule has 3 aromatic rings. The van der Waals surface area contributed by atoms with Crippen LogP contribution in [0.4, 0.5) is 14.9 Å². The third kappa shape index (κ3) is 2.52. The van der Waals surface area contributed by atoms with Gasteiger partial charge in [0.1, 0.15) is 0 Å². The molecule has 2 heterocycles. The topological polar surface area (TPSA) is 54.0 Å². The van der Waals surface area contributed by atoms with Gasteiger partial charge < -0.3 is 0 Å². The molecule has 4 nitrogen and oxygen atoms in total. The minimum atomic E-state index is -0.262. The van der Waals surface area contributed by atoms with Gasteiger partial charge in [-0.3, -0.25) is 10.6 Å². The first-order valence-electron chi connectivity index (χ1n) is 6.12. The minimum Gasteiger partial charge on any atom is -0.299 e. The quantitative estimate of drug-likeness (QED) is 0.726. The molecule has 0 fully saturated rings. The molecule has 0 atom stereocenters. The first-order chi connectivity index (χ1) is 9.63. The Morgan fingerprint density at radius 3 is 2.65 bits per heavy atom. The number of thiophene rings is 1. The summed E-state index contributed by atoms with van der Waals surface area (Å²) >= 11 is 2.98. The van der Waals surface area contributed by atoms with Crippen molar-refractivity contribution in [1.82, 2.24) is 4.98 Å². The van der Waals surface area contributed by atoms with Crippen LogP contribution in [0.25, 0.3) is 10.2 Å². The molecule has 0 spiro atoms. The largest absolute Gasteiger partial charge is 0.326 e. The predicted molar refractivity (Wildman–Crippen MR) is 86.1 cm³/mol. The number of benzene rings is 1.